The van der Waals surface area contributed by atoms with Crippen molar-refractivity contribution >= 4 is 66.4 Å². The fraction of sp³-hybridized carbons (Fsp3) is 0. The van der Waals surface area contributed by atoms with Gasteiger partial charge in [0.25, 0.3) is 0 Å². The van der Waals surface area contributed by atoms with Crippen molar-refractivity contribution in [2.75, 3.05) is 0 Å². The monoisotopic (exact) mass is 421 g/mol. The van der Waals surface area contributed by atoms with Crippen molar-refractivity contribution in [1.82, 2.24) is 0 Å². The van der Waals surface area contributed by atoms with Gasteiger partial charge in [-0.2, -0.15) is 5.26 Å². The fourth-order valence-electron chi connectivity index (χ4n) is 1.50. The lowest BCUT2D eigenvalue weighted by molar-refractivity contribution is 0.603. The average Bonchev–Trinajstić information content (AvgIpc) is 2.84. The van der Waals surface area contributed by atoms with Gasteiger partial charge in [-0.3, -0.25) is 0 Å². The molecule has 0 fully saturated rings. The number of allylic oxidation sites excluding steroid dienone is 1. The number of rotatable bonds is 3. The van der Waals surface area contributed by atoms with Gasteiger partial charge in [-0.05, 0) is 46.3 Å². The summed E-state index contributed by atoms with van der Waals surface area (Å²) < 4.78 is 25.8. The first-order valence-corrected chi connectivity index (χ1v) is 9.32. The van der Waals surface area contributed by atoms with E-state index in [0.29, 0.717) is 4.88 Å². The molecule has 0 bridgehead atoms. The molecule has 0 aliphatic carbocycles. The smallest absolute Gasteiger partial charge is 0.218 e. The third kappa shape index (κ3) is 3.68. The molecule has 1 heterocycles. The van der Waals surface area contributed by atoms with Crippen LogP contribution in [0.25, 0.3) is 6.08 Å². The van der Waals surface area contributed by atoms with Gasteiger partial charge < -0.3 is 0 Å². The minimum atomic E-state index is -4.02. The number of nitriles is 1. The van der Waals surface area contributed by atoms with Crippen LogP contribution in [-0.2, 0) is 9.84 Å². The predicted octanol–water partition coefficient (Wildman–Crippen LogP) is 5.16. The quantitative estimate of drug-likeness (QED) is 0.642. The van der Waals surface area contributed by atoms with Crippen LogP contribution in [0.2, 0.25) is 10.0 Å². The second-order valence-electron chi connectivity index (χ2n) is 3.87. The maximum Gasteiger partial charge on any atom is 0.218 e. The molecule has 0 spiro atoms. The van der Waals surface area contributed by atoms with Crippen molar-refractivity contribution in [2.45, 2.75) is 4.90 Å². The van der Waals surface area contributed by atoms with Gasteiger partial charge in [0.1, 0.15) is 6.07 Å². The Kier molecular flexibility index (Phi) is 5.12. The first-order chi connectivity index (χ1) is 9.84. The zero-order valence-electron chi connectivity index (χ0n) is 10.2. The molecule has 0 aliphatic heterocycles. The number of hydrogen-bond donors (Lipinski definition) is 0. The number of hydrogen-bond acceptors (Lipinski definition) is 4. The molecule has 0 saturated heterocycles. The molecule has 0 aliphatic rings. The summed E-state index contributed by atoms with van der Waals surface area (Å²) in [5, 5.41) is 11.2. The Hall–Kier alpha value is -0.840. The second-order valence-corrected chi connectivity index (χ2v) is 8.45. The lowest BCUT2D eigenvalue weighted by Gasteiger charge is -2.05. The molecule has 0 unspecified atom stereocenters. The molecule has 3 nitrogen and oxygen atoms in total. The van der Waals surface area contributed by atoms with Crippen molar-refractivity contribution < 1.29 is 8.42 Å². The highest BCUT2D eigenvalue weighted by Gasteiger charge is 2.24. The maximum atomic E-state index is 12.5. The number of nitrogens with zero attached hydrogens (tertiary/aromatic N) is 1. The Labute approximate surface area is 144 Å². The first-order valence-electron chi connectivity index (χ1n) is 5.40. The molecule has 1 aromatic heterocycles. The number of halogens is 3. The van der Waals surface area contributed by atoms with Gasteiger partial charge in [0.05, 0.1) is 9.92 Å². The Morgan fingerprint density at radius 1 is 1.33 bits per heavy atom. The van der Waals surface area contributed by atoms with E-state index >= 15 is 0 Å². The molecule has 0 atom stereocenters. The van der Waals surface area contributed by atoms with Gasteiger partial charge in [-0.25, -0.2) is 8.42 Å². The second kappa shape index (κ2) is 6.51. The van der Waals surface area contributed by atoms with E-state index in [9.17, 15) is 13.7 Å². The molecule has 0 amide bonds. The summed E-state index contributed by atoms with van der Waals surface area (Å²) in [6.07, 6.45) is 1.31. The standard InChI is InChI=1S/C13H6BrCl2NO2S2/c14-8-3-10(20-7-8)5-11(6-17)21(18,19)13-4-9(15)1-2-12(13)16/h1-5,7H/b11-5+. The molecule has 8 heteroatoms. The van der Waals surface area contributed by atoms with Gasteiger partial charge in [-0.1, -0.05) is 23.2 Å². The largest absolute Gasteiger partial charge is 0.218 e. The van der Waals surface area contributed by atoms with Crippen LogP contribution in [0.3, 0.4) is 0 Å². The molecule has 2 rings (SSSR count). The lowest BCUT2D eigenvalue weighted by atomic mass is 10.4. The summed E-state index contributed by atoms with van der Waals surface area (Å²) in [7, 11) is -4.02. The van der Waals surface area contributed by atoms with Gasteiger partial charge in [0, 0.05) is 19.8 Å². The van der Waals surface area contributed by atoms with Gasteiger partial charge >= 0.3 is 0 Å². The average molecular weight is 423 g/mol. The number of thiophene rings is 1. The minimum Gasteiger partial charge on any atom is -0.218 e. The first kappa shape index (κ1) is 16.5. The zero-order chi connectivity index (χ0) is 15.6. The van der Waals surface area contributed by atoms with E-state index in [4.69, 9.17) is 23.2 Å². The summed E-state index contributed by atoms with van der Waals surface area (Å²) >= 11 is 16.3. The van der Waals surface area contributed by atoms with E-state index in [1.54, 1.807) is 17.5 Å². The van der Waals surface area contributed by atoms with Crippen LogP contribution < -0.4 is 0 Å². The summed E-state index contributed by atoms with van der Waals surface area (Å²) in [6, 6.07) is 7.52. The topological polar surface area (TPSA) is 57.9 Å². The van der Waals surface area contributed by atoms with Crippen molar-refractivity contribution in [2.24, 2.45) is 0 Å². The Morgan fingerprint density at radius 2 is 2.05 bits per heavy atom. The van der Waals surface area contributed by atoms with Crippen molar-refractivity contribution in [3.05, 3.63) is 53.9 Å². The van der Waals surface area contributed by atoms with E-state index in [1.165, 1.54) is 35.6 Å². The molecule has 0 saturated carbocycles. The molecule has 21 heavy (non-hydrogen) atoms. The Bertz CT molecular complexity index is 867. The molecule has 108 valence electrons. The molecule has 0 radical (unpaired) electrons. The molecule has 2 aromatic rings. The summed E-state index contributed by atoms with van der Waals surface area (Å²) in [6.45, 7) is 0. The van der Waals surface area contributed by atoms with Crippen LogP contribution in [-0.4, -0.2) is 8.42 Å². The van der Waals surface area contributed by atoms with Crippen LogP contribution >= 0.6 is 50.5 Å². The van der Waals surface area contributed by atoms with Crippen LogP contribution in [0, 0.1) is 11.3 Å². The van der Waals surface area contributed by atoms with Crippen LogP contribution in [0.1, 0.15) is 4.88 Å². The normalized spacial score (nSPS) is 12.2. The molecule has 1 aromatic carbocycles. The highest BCUT2D eigenvalue weighted by molar-refractivity contribution is 9.10. The van der Waals surface area contributed by atoms with E-state index in [2.05, 4.69) is 15.9 Å². The van der Waals surface area contributed by atoms with Crippen LogP contribution in [0.15, 0.2) is 43.9 Å². The Morgan fingerprint density at radius 3 is 2.62 bits per heavy atom. The summed E-state index contributed by atoms with van der Waals surface area (Å²) in [5.41, 5.74) is 0. The van der Waals surface area contributed by atoms with Gasteiger partial charge in [-0.15, -0.1) is 11.3 Å². The molecular weight excluding hydrogens is 417 g/mol. The van der Waals surface area contributed by atoms with E-state index in [1.807, 2.05) is 0 Å². The van der Waals surface area contributed by atoms with Crippen LogP contribution in [0.5, 0.6) is 0 Å². The summed E-state index contributed by atoms with van der Waals surface area (Å²) in [4.78, 5) is 0.0706. The van der Waals surface area contributed by atoms with E-state index < -0.39 is 9.84 Å². The maximum absolute atomic E-state index is 12.5. The predicted molar refractivity (Wildman–Crippen MR) is 89.3 cm³/mol. The fourth-order valence-corrected chi connectivity index (χ4v) is 4.86. The SMILES string of the molecule is N#C/C(=C\c1cc(Br)cs1)S(=O)(=O)c1cc(Cl)ccc1Cl. The number of benzene rings is 1. The molecular formula is C13H6BrCl2NO2S2. The van der Waals surface area contributed by atoms with Gasteiger partial charge in [0.15, 0.2) is 4.91 Å². The van der Waals surface area contributed by atoms with Crippen molar-refractivity contribution in [3.8, 4) is 6.07 Å². The minimum absolute atomic E-state index is 0.0212. The highest BCUT2D eigenvalue weighted by Crippen LogP contribution is 2.31. The van der Waals surface area contributed by atoms with Gasteiger partial charge in [0.2, 0.25) is 9.84 Å². The summed E-state index contributed by atoms with van der Waals surface area (Å²) in [5.74, 6) is 0. The highest BCUT2D eigenvalue weighted by atomic mass is 79.9. The molecule has 0 N–H and O–H groups in total. The van der Waals surface area contributed by atoms with Crippen molar-refractivity contribution in [3.63, 3.8) is 0 Å². The van der Waals surface area contributed by atoms with Crippen molar-refractivity contribution in [1.29, 1.82) is 5.26 Å². The van der Waals surface area contributed by atoms with Crippen LogP contribution in [0.4, 0.5) is 0 Å². The van der Waals surface area contributed by atoms with E-state index in [0.717, 1.165) is 4.47 Å². The van der Waals surface area contributed by atoms with E-state index in [-0.39, 0.29) is 19.8 Å². The third-order valence-corrected chi connectivity index (χ3v) is 6.47. The number of sulfone groups is 1. The Balaban J connectivity index is 2.58. The third-order valence-electron chi connectivity index (χ3n) is 2.44. The lowest BCUT2D eigenvalue weighted by Crippen LogP contribution is -2.04. The zero-order valence-corrected chi connectivity index (χ0v) is 14.9.